The predicted octanol–water partition coefficient (Wildman–Crippen LogP) is 3.73. The maximum Gasteiger partial charge on any atom is -0.0129 e. The van der Waals surface area contributed by atoms with Gasteiger partial charge in [-0.15, -0.1) is 0 Å². The summed E-state index contributed by atoms with van der Waals surface area (Å²) in [6, 6.07) is 8.69. The first-order valence-corrected chi connectivity index (χ1v) is 4.71. The molecule has 0 spiro atoms. The lowest BCUT2D eigenvalue weighted by Gasteiger charge is -2.03. The van der Waals surface area contributed by atoms with Crippen molar-refractivity contribution < 1.29 is 0 Å². The molecule has 0 atom stereocenters. The van der Waals surface area contributed by atoms with E-state index in [1.165, 1.54) is 22.3 Å². The van der Waals surface area contributed by atoms with Crippen LogP contribution in [0.15, 0.2) is 42.0 Å². The van der Waals surface area contributed by atoms with Crippen molar-refractivity contribution in [2.24, 2.45) is 0 Å². The molecule has 1 aromatic carbocycles. The Morgan fingerprint density at radius 2 is 2.00 bits per heavy atom. The molecule has 0 amide bonds. The van der Waals surface area contributed by atoms with Crippen molar-refractivity contribution in [2.75, 3.05) is 0 Å². The number of hydrogen-bond donors (Lipinski definition) is 0. The van der Waals surface area contributed by atoms with Gasteiger partial charge in [0.25, 0.3) is 0 Å². The van der Waals surface area contributed by atoms with Gasteiger partial charge < -0.3 is 0 Å². The Kier molecular flexibility index (Phi) is 2.05. The fourth-order valence-electron chi connectivity index (χ4n) is 1.76. The molecule has 0 aromatic heterocycles. The van der Waals surface area contributed by atoms with Gasteiger partial charge in [-0.05, 0) is 31.4 Å². The Hall–Kier alpha value is -1.30. The fraction of sp³-hybridized carbons (Fsp3) is 0.231. The van der Waals surface area contributed by atoms with E-state index in [4.69, 9.17) is 0 Å². The van der Waals surface area contributed by atoms with Crippen LogP contribution in [-0.2, 0) is 0 Å². The molecule has 0 nitrogen and oxygen atoms in total. The van der Waals surface area contributed by atoms with Crippen LogP contribution < -0.4 is 0 Å². The SMILES string of the molecule is CC1=C(c2cccc(C)c2)C=CC1. The minimum absolute atomic E-state index is 1.11. The summed E-state index contributed by atoms with van der Waals surface area (Å²) < 4.78 is 0. The van der Waals surface area contributed by atoms with Crippen molar-refractivity contribution in [3.05, 3.63) is 53.1 Å². The zero-order chi connectivity index (χ0) is 9.26. The Morgan fingerprint density at radius 1 is 1.15 bits per heavy atom. The fourth-order valence-corrected chi connectivity index (χ4v) is 1.76. The normalized spacial score (nSPS) is 15.5. The zero-order valence-corrected chi connectivity index (χ0v) is 8.17. The third-order valence-corrected chi connectivity index (χ3v) is 2.50. The van der Waals surface area contributed by atoms with Gasteiger partial charge in [0.2, 0.25) is 0 Å². The molecule has 0 saturated heterocycles. The Labute approximate surface area is 79.6 Å². The molecule has 13 heavy (non-hydrogen) atoms. The van der Waals surface area contributed by atoms with Crippen molar-refractivity contribution in [1.82, 2.24) is 0 Å². The molecule has 0 heteroatoms. The molecule has 0 aliphatic heterocycles. The molecule has 1 aliphatic rings. The summed E-state index contributed by atoms with van der Waals surface area (Å²) in [6.07, 6.45) is 5.57. The monoisotopic (exact) mass is 170 g/mol. The number of aryl methyl sites for hydroxylation is 1. The average molecular weight is 170 g/mol. The first-order chi connectivity index (χ1) is 6.27. The lowest BCUT2D eigenvalue weighted by Crippen LogP contribution is -1.82. The molecule has 0 fully saturated rings. The second kappa shape index (κ2) is 3.21. The Morgan fingerprint density at radius 3 is 2.62 bits per heavy atom. The summed E-state index contributed by atoms with van der Waals surface area (Å²) in [6.45, 7) is 4.34. The van der Waals surface area contributed by atoms with Gasteiger partial charge in [0.05, 0.1) is 0 Å². The predicted molar refractivity (Wildman–Crippen MR) is 57.5 cm³/mol. The lowest BCUT2D eigenvalue weighted by molar-refractivity contribution is 1.25. The highest BCUT2D eigenvalue weighted by Gasteiger charge is 2.06. The number of hydrogen-bond acceptors (Lipinski definition) is 0. The summed E-state index contributed by atoms with van der Waals surface area (Å²) in [5.41, 5.74) is 5.57. The van der Waals surface area contributed by atoms with Gasteiger partial charge in [0.15, 0.2) is 0 Å². The van der Waals surface area contributed by atoms with E-state index in [-0.39, 0.29) is 0 Å². The van der Waals surface area contributed by atoms with Gasteiger partial charge in [-0.3, -0.25) is 0 Å². The minimum atomic E-state index is 1.11. The molecule has 66 valence electrons. The zero-order valence-electron chi connectivity index (χ0n) is 8.17. The van der Waals surface area contributed by atoms with Gasteiger partial charge in [0, 0.05) is 0 Å². The van der Waals surface area contributed by atoms with E-state index in [0.29, 0.717) is 0 Å². The summed E-state index contributed by atoms with van der Waals surface area (Å²) >= 11 is 0. The Balaban J connectivity index is 2.46. The quantitative estimate of drug-likeness (QED) is 0.602. The smallest absolute Gasteiger partial charge is 0.0129 e. The van der Waals surface area contributed by atoms with E-state index in [9.17, 15) is 0 Å². The Bertz CT molecular complexity index is 381. The first-order valence-electron chi connectivity index (χ1n) is 4.71. The molecular weight excluding hydrogens is 156 g/mol. The van der Waals surface area contributed by atoms with Crippen molar-refractivity contribution in [3.8, 4) is 0 Å². The van der Waals surface area contributed by atoms with Gasteiger partial charge in [0.1, 0.15) is 0 Å². The topological polar surface area (TPSA) is 0 Å². The highest BCUT2D eigenvalue weighted by molar-refractivity contribution is 5.79. The highest BCUT2D eigenvalue weighted by atomic mass is 14.1. The van der Waals surface area contributed by atoms with E-state index in [2.05, 4.69) is 50.3 Å². The molecule has 0 bridgehead atoms. The average Bonchev–Trinajstić information content (AvgIpc) is 2.51. The second-order valence-corrected chi connectivity index (χ2v) is 3.67. The molecular formula is C13H14. The van der Waals surface area contributed by atoms with E-state index in [1.807, 2.05) is 0 Å². The van der Waals surface area contributed by atoms with Gasteiger partial charge in [-0.1, -0.05) is 47.6 Å². The summed E-state index contributed by atoms with van der Waals surface area (Å²) in [5, 5.41) is 0. The highest BCUT2D eigenvalue weighted by Crippen LogP contribution is 2.27. The molecule has 0 unspecified atom stereocenters. The first kappa shape index (κ1) is 8.31. The number of rotatable bonds is 1. The van der Waals surface area contributed by atoms with Gasteiger partial charge in [-0.25, -0.2) is 0 Å². The maximum atomic E-state index is 2.24. The van der Waals surface area contributed by atoms with Crippen LogP contribution in [0, 0.1) is 6.92 Å². The van der Waals surface area contributed by atoms with Crippen LogP contribution in [0.2, 0.25) is 0 Å². The third kappa shape index (κ3) is 1.57. The second-order valence-electron chi connectivity index (χ2n) is 3.67. The molecule has 1 aromatic rings. The van der Waals surface area contributed by atoms with Crippen molar-refractivity contribution >= 4 is 5.57 Å². The number of benzene rings is 1. The third-order valence-electron chi connectivity index (χ3n) is 2.50. The van der Waals surface area contributed by atoms with Crippen molar-refractivity contribution in [3.63, 3.8) is 0 Å². The molecule has 0 radical (unpaired) electrons. The van der Waals surface area contributed by atoms with Crippen LogP contribution in [0.3, 0.4) is 0 Å². The maximum absolute atomic E-state index is 2.24. The lowest BCUT2D eigenvalue weighted by atomic mass is 10.0. The van der Waals surface area contributed by atoms with Crippen LogP contribution >= 0.6 is 0 Å². The standard InChI is InChI=1S/C13H14/c1-10-5-3-7-12(9-10)13-8-4-6-11(13)2/h3-5,7-9H,6H2,1-2H3. The summed E-state index contributed by atoms with van der Waals surface area (Å²) in [5.74, 6) is 0. The molecule has 2 rings (SSSR count). The van der Waals surface area contributed by atoms with Crippen LogP contribution in [0.1, 0.15) is 24.5 Å². The van der Waals surface area contributed by atoms with Crippen molar-refractivity contribution in [2.45, 2.75) is 20.3 Å². The van der Waals surface area contributed by atoms with Crippen LogP contribution in [0.5, 0.6) is 0 Å². The molecule has 0 heterocycles. The molecule has 0 N–H and O–H groups in total. The van der Waals surface area contributed by atoms with Crippen LogP contribution in [0.25, 0.3) is 5.57 Å². The van der Waals surface area contributed by atoms with Gasteiger partial charge in [-0.2, -0.15) is 0 Å². The van der Waals surface area contributed by atoms with E-state index in [0.717, 1.165) is 6.42 Å². The molecule has 0 saturated carbocycles. The van der Waals surface area contributed by atoms with E-state index >= 15 is 0 Å². The van der Waals surface area contributed by atoms with E-state index < -0.39 is 0 Å². The van der Waals surface area contributed by atoms with Crippen molar-refractivity contribution in [1.29, 1.82) is 0 Å². The van der Waals surface area contributed by atoms with E-state index in [1.54, 1.807) is 0 Å². The summed E-state index contributed by atoms with van der Waals surface area (Å²) in [4.78, 5) is 0. The van der Waals surface area contributed by atoms with Crippen LogP contribution in [-0.4, -0.2) is 0 Å². The van der Waals surface area contributed by atoms with Gasteiger partial charge >= 0.3 is 0 Å². The molecule has 1 aliphatic carbocycles. The number of allylic oxidation sites excluding steroid dienone is 4. The largest absolute Gasteiger partial charge is 0.0798 e. The summed E-state index contributed by atoms with van der Waals surface area (Å²) in [7, 11) is 0. The van der Waals surface area contributed by atoms with Crippen LogP contribution in [0.4, 0.5) is 0 Å². The minimum Gasteiger partial charge on any atom is -0.0798 e.